The van der Waals surface area contributed by atoms with Crippen LogP contribution in [0.25, 0.3) is 0 Å². The maximum Gasteiger partial charge on any atom is 0.261 e. The van der Waals surface area contributed by atoms with E-state index in [4.69, 9.17) is 37.4 Å². The Balaban J connectivity index is 2.29. The van der Waals surface area contributed by atoms with Gasteiger partial charge in [0.15, 0.2) is 6.61 Å². The normalized spacial score (nSPS) is 11.6. The van der Waals surface area contributed by atoms with Crippen LogP contribution in [0, 0.1) is 0 Å². The zero-order valence-electron chi connectivity index (χ0n) is 19.5. The summed E-state index contributed by atoms with van der Waals surface area (Å²) in [5, 5.41) is 3.78. The summed E-state index contributed by atoms with van der Waals surface area (Å²) in [6.07, 6.45) is 0.419. The minimum absolute atomic E-state index is 0.0666. The maximum atomic E-state index is 13.3. The van der Waals surface area contributed by atoms with Crippen molar-refractivity contribution in [3.63, 3.8) is 0 Å². The molecular weight excluding hydrogens is 467 g/mol. The van der Waals surface area contributed by atoms with Crippen molar-refractivity contribution < 1.29 is 23.8 Å². The van der Waals surface area contributed by atoms with Gasteiger partial charge in [0.25, 0.3) is 5.91 Å². The Kier molecular flexibility index (Phi) is 10.1. The second-order valence-electron chi connectivity index (χ2n) is 7.68. The number of benzene rings is 2. The number of nitrogens with zero attached hydrogens (tertiary/aromatic N) is 1. The molecule has 2 aromatic carbocycles. The van der Waals surface area contributed by atoms with Crippen molar-refractivity contribution in [2.75, 3.05) is 20.8 Å². The fraction of sp³-hybridized carbons (Fsp3) is 0.417. The van der Waals surface area contributed by atoms with E-state index >= 15 is 0 Å². The second kappa shape index (κ2) is 12.6. The van der Waals surface area contributed by atoms with Gasteiger partial charge in [0.1, 0.15) is 23.3 Å². The number of methoxy groups -OCH3 is 2. The average molecular weight is 497 g/mol. The monoisotopic (exact) mass is 496 g/mol. The van der Waals surface area contributed by atoms with Gasteiger partial charge in [-0.3, -0.25) is 9.59 Å². The number of rotatable bonds is 11. The highest BCUT2D eigenvalue weighted by molar-refractivity contribution is 6.35. The SMILES string of the molecule is CCC(C(=O)NC(C)C)N(Cc1ccc(Cl)cc1Cl)C(=O)COc1cc(OC)cc(OC)c1. The van der Waals surface area contributed by atoms with Crippen LogP contribution in [-0.2, 0) is 16.1 Å². The molecule has 0 radical (unpaired) electrons. The highest BCUT2D eigenvalue weighted by Crippen LogP contribution is 2.28. The third-order valence-electron chi connectivity index (χ3n) is 4.86. The molecule has 0 saturated heterocycles. The van der Waals surface area contributed by atoms with E-state index in [1.165, 1.54) is 19.1 Å². The molecule has 0 spiro atoms. The number of amides is 2. The molecule has 33 heavy (non-hydrogen) atoms. The summed E-state index contributed by atoms with van der Waals surface area (Å²) in [4.78, 5) is 27.6. The van der Waals surface area contributed by atoms with Gasteiger partial charge in [-0.1, -0.05) is 36.2 Å². The molecule has 0 aliphatic rings. The minimum Gasteiger partial charge on any atom is -0.496 e. The van der Waals surface area contributed by atoms with E-state index in [-0.39, 0.29) is 31.0 Å². The molecule has 1 atom stereocenters. The minimum atomic E-state index is -0.699. The average Bonchev–Trinajstić information content (AvgIpc) is 2.77. The zero-order valence-corrected chi connectivity index (χ0v) is 21.0. The fourth-order valence-electron chi connectivity index (χ4n) is 3.23. The van der Waals surface area contributed by atoms with E-state index in [1.807, 2.05) is 20.8 Å². The Morgan fingerprint density at radius 1 is 1.00 bits per heavy atom. The highest BCUT2D eigenvalue weighted by atomic mass is 35.5. The molecule has 9 heteroatoms. The van der Waals surface area contributed by atoms with Crippen molar-refractivity contribution in [3.05, 3.63) is 52.0 Å². The summed E-state index contributed by atoms with van der Waals surface area (Å²) in [6, 6.07) is 9.28. The van der Waals surface area contributed by atoms with Gasteiger partial charge in [-0.2, -0.15) is 0 Å². The number of nitrogens with one attached hydrogen (secondary N) is 1. The molecule has 7 nitrogen and oxygen atoms in total. The van der Waals surface area contributed by atoms with Gasteiger partial charge in [-0.05, 0) is 38.0 Å². The first-order chi connectivity index (χ1) is 15.7. The van der Waals surface area contributed by atoms with Crippen molar-refractivity contribution in [2.24, 2.45) is 0 Å². The molecule has 0 saturated carbocycles. The highest BCUT2D eigenvalue weighted by Gasteiger charge is 2.29. The largest absolute Gasteiger partial charge is 0.496 e. The first kappa shape index (κ1) is 26.6. The summed E-state index contributed by atoms with van der Waals surface area (Å²) in [7, 11) is 3.06. The smallest absolute Gasteiger partial charge is 0.261 e. The Morgan fingerprint density at radius 3 is 2.12 bits per heavy atom. The first-order valence-electron chi connectivity index (χ1n) is 10.6. The molecular formula is C24H30Cl2N2O5. The number of hydrogen-bond acceptors (Lipinski definition) is 5. The van der Waals surface area contributed by atoms with E-state index in [1.54, 1.807) is 36.4 Å². The Labute approximate surface area is 204 Å². The summed E-state index contributed by atoms with van der Waals surface area (Å²) >= 11 is 12.4. The van der Waals surface area contributed by atoms with Crippen LogP contribution in [0.2, 0.25) is 10.0 Å². The molecule has 0 fully saturated rings. The quantitative estimate of drug-likeness (QED) is 0.486. The Hall–Kier alpha value is -2.64. The lowest BCUT2D eigenvalue weighted by molar-refractivity contribution is -0.143. The van der Waals surface area contributed by atoms with Crippen molar-refractivity contribution in [3.8, 4) is 17.2 Å². The summed E-state index contributed by atoms with van der Waals surface area (Å²) in [5.74, 6) is 0.861. The van der Waals surface area contributed by atoms with Crippen LogP contribution >= 0.6 is 23.2 Å². The van der Waals surface area contributed by atoms with E-state index in [9.17, 15) is 9.59 Å². The molecule has 180 valence electrons. The summed E-state index contributed by atoms with van der Waals surface area (Å²) < 4.78 is 16.2. The molecule has 0 aromatic heterocycles. The lowest BCUT2D eigenvalue weighted by Crippen LogP contribution is -2.51. The predicted molar refractivity (Wildman–Crippen MR) is 129 cm³/mol. The number of ether oxygens (including phenoxy) is 3. The molecule has 2 amide bonds. The number of carbonyl (C=O) groups is 2. The van der Waals surface area contributed by atoms with Gasteiger partial charge in [-0.25, -0.2) is 0 Å². The van der Waals surface area contributed by atoms with E-state index in [0.717, 1.165) is 0 Å². The van der Waals surface area contributed by atoms with Crippen LogP contribution < -0.4 is 19.5 Å². The van der Waals surface area contributed by atoms with Crippen LogP contribution in [0.1, 0.15) is 32.8 Å². The van der Waals surface area contributed by atoms with Gasteiger partial charge in [0.05, 0.1) is 14.2 Å². The van der Waals surface area contributed by atoms with E-state index in [2.05, 4.69) is 5.32 Å². The molecule has 0 heterocycles. The van der Waals surface area contributed by atoms with Crippen LogP contribution in [0.15, 0.2) is 36.4 Å². The van der Waals surface area contributed by atoms with Gasteiger partial charge in [0, 0.05) is 40.8 Å². The topological polar surface area (TPSA) is 77.1 Å². The lowest BCUT2D eigenvalue weighted by atomic mass is 10.1. The maximum absolute atomic E-state index is 13.3. The number of carbonyl (C=O) groups excluding carboxylic acids is 2. The molecule has 2 aromatic rings. The Morgan fingerprint density at radius 2 is 1.61 bits per heavy atom. The standard InChI is InChI=1S/C24H30Cl2N2O5/c1-6-22(24(30)27-15(2)3)28(13-16-7-8-17(25)9-21(16)26)23(29)14-33-20-11-18(31-4)10-19(12-20)32-5/h7-12,15,22H,6,13-14H2,1-5H3,(H,27,30). The van der Waals surface area contributed by atoms with Gasteiger partial charge < -0.3 is 24.4 Å². The van der Waals surface area contributed by atoms with Gasteiger partial charge >= 0.3 is 0 Å². The van der Waals surface area contributed by atoms with Gasteiger partial charge in [-0.15, -0.1) is 0 Å². The van der Waals surface area contributed by atoms with Crippen molar-refractivity contribution in [1.29, 1.82) is 0 Å². The first-order valence-corrected chi connectivity index (χ1v) is 11.3. The molecule has 0 aliphatic heterocycles. The zero-order chi connectivity index (χ0) is 24.5. The van der Waals surface area contributed by atoms with E-state index in [0.29, 0.717) is 39.3 Å². The lowest BCUT2D eigenvalue weighted by Gasteiger charge is -2.31. The van der Waals surface area contributed by atoms with Crippen molar-refractivity contribution in [1.82, 2.24) is 10.2 Å². The third kappa shape index (κ3) is 7.72. The molecule has 2 rings (SSSR count). The third-order valence-corrected chi connectivity index (χ3v) is 5.45. The number of halogens is 2. The van der Waals surface area contributed by atoms with E-state index < -0.39 is 6.04 Å². The molecule has 1 unspecified atom stereocenters. The summed E-state index contributed by atoms with van der Waals surface area (Å²) in [5.41, 5.74) is 0.674. The predicted octanol–water partition coefficient (Wildman–Crippen LogP) is 4.72. The second-order valence-corrected chi connectivity index (χ2v) is 8.53. The Bertz CT molecular complexity index is 946. The van der Waals surface area contributed by atoms with Crippen molar-refractivity contribution >= 4 is 35.0 Å². The van der Waals surface area contributed by atoms with Crippen molar-refractivity contribution in [2.45, 2.75) is 45.8 Å². The summed E-state index contributed by atoms with van der Waals surface area (Å²) in [6.45, 7) is 5.43. The molecule has 0 aliphatic carbocycles. The molecule has 1 N–H and O–H groups in total. The van der Waals surface area contributed by atoms with Crippen LogP contribution in [0.5, 0.6) is 17.2 Å². The van der Waals surface area contributed by atoms with Gasteiger partial charge in [0.2, 0.25) is 5.91 Å². The molecule has 0 bridgehead atoms. The van der Waals surface area contributed by atoms with Crippen LogP contribution in [0.4, 0.5) is 0 Å². The van der Waals surface area contributed by atoms with Crippen LogP contribution in [-0.4, -0.2) is 49.6 Å². The number of hydrogen-bond donors (Lipinski definition) is 1. The van der Waals surface area contributed by atoms with Crippen LogP contribution in [0.3, 0.4) is 0 Å². The fourth-order valence-corrected chi connectivity index (χ4v) is 3.69.